The lowest BCUT2D eigenvalue weighted by atomic mass is 10.1. The molecule has 0 radical (unpaired) electrons. The third-order valence-electron chi connectivity index (χ3n) is 2.23. The lowest BCUT2D eigenvalue weighted by Gasteiger charge is -2.03. The second kappa shape index (κ2) is 9.49. The van der Waals surface area contributed by atoms with Crippen molar-refractivity contribution in [1.82, 2.24) is 10.6 Å². The zero-order valence-corrected chi connectivity index (χ0v) is 9.77. The third-order valence-corrected chi connectivity index (χ3v) is 2.23. The Morgan fingerprint density at radius 2 is 1.67 bits per heavy atom. The number of hydrogen-bond acceptors (Lipinski definition) is 2. The maximum absolute atomic E-state index is 11.2. The van der Waals surface area contributed by atoms with Crippen LogP contribution in [0.1, 0.15) is 45.4 Å². The number of carbonyl (C=O) groups excluding carboxylic acids is 2. The molecule has 15 heavy (non-hydrogen) atoms. The number of amides is 2. The summed E-state index contributed by atoms with van der Waals surface area (Å²) >= 11 is 0. The van der Waals surface area contributed by atoms with Gasteiger partial charge < -0.3 is 10.6 Å². The van der Waals surface area contributed by atoms with E-state index in [1.54, 1.807) is 7.05 Å². The summed E-state index contributed by atoms with van der Waals surface area (Å²) in [6.07, 6.45) is 6.18. The summed E-state index contributed by atoms with van der Waals surface area (Å²) in [7, 11) is 1.55. The van der Waals surface area contributed by atoms with Crippen molar-refractivity contribution < 1.29 is 9.59 Å². The largest absolute Gasteiger partial charge is 0.358 e. The Labute approximate surface area is 91.8 Å². The smallest absolute Gasteiger partial charge is 0.239 e. The van der Waals surface area contributed by atoms with Crippen molar-refractivity contribution >= 4 is 11.8 Å². The molecular weight excluding hydrogens is 192 g/mol. The Kier molecular flexibility index (Phi) is 8.82. The molecule has 0 rings (SSSR count). The van der Waals surface area contributed by atoms with Crippen LogP contribution in [0, 0.1) is 0 Å². The molecule has 0 unspecified atom stereocenters. The van der Waals surface area contributed by atoms with Gasteiger partial charge in [0.1, 0.15) is 0 Å². The number of hydrogen-bond donors (Lipinski definition) is 2. The molecule has 0 aliphatic rings. The second-order valence-corrected chi connectivity index (χ2v) is 3.61. The van der Waals surface area contributed by atoms with Gasteiger partial charge in [-0.15, -0.1) is 0 Å². The molecule has 4 nitrogen and oxygen atoms in total. The summed E-state index contributed by atoms with van der Waals surface area (Å²) < 4.78 is 0. The van der Waals surface area contributed by atoms with Crippen LogP contribution in [0.3, 0.4) is 0 Å². The SMILES string of the molecule is CCCCCCCC(=O)NCC(=O)NC. The molecule has 2 N–H and O–H groups in total. The van der Waals surface area contributed by atoms with Crippen molar-refractivity contribution in [2.45, 2.75) is 45.4 Å². The molecule has 88 valence electrons. The Bertz CT molecular complexity index is 193. The molecular formula is C11H22N2O2. The van der Waals surface area contributed by atoms with Crippen molar-refractivity contribution in [2.24, 2.45) is 0 Å². The summed E-state index contributed by atoms with van der Waals surface area (Å²) in [6, 6.07) is 0. The minimum Gasteiger partial charge on any atom is -0.358 e. The van der Waals surface area contributed by atoms with Gasteiger partial charge in [-0.1, -0.05) is 32.6 Å². The molecule has 0 saturated heterocycles. The third kappa shape index (κ3) is 9.25. The van der Waals surface area contributed by atoms with Gasteiger partial charge in [-0.2, -0.15) is 0 Å². The summed E-state index contributed by atoms with van der Waals surface area (Å²) in [5, 5.41) is 5.02. The predicted octanol–water partition coefficient (Wildman–Crippen LogP) is 1.21. The van der Waals surface area contributed by atoms with E-state index < -0.39 is 0 Å². The highest BCUT2D eigenvalue weighted by atomic mass is 16.2. The first-order chi connectivity index (χ1) is 7.20. The van der Waals surface area contributed by atoms with E-state index in [2.05, 4.69) is 17.6 Å². The van der Waals surface area contributed by atoms with Gasteiger partial charge in [-0.05, 0) is 6.42 Å². The average Bonchev–Trinajstić information content (AvgIpc) is 2.25. The highest BCUT2D eigenvalue weighted by molar-refractivity contribution is 5.84. The van der Waals surface area contributed by atoms with Crippen molar-refractivity contribution in [2.75, 3.05) is 13.6 Å². The van der Waals surface area contributed by atoms with E-state index in [4.69, 9.17) is 0 Å². The molecule has 0 spiro atoms. The highest BCUT2D eigenvalue weighted by Gasteiger charge is 2.02. The minimum atomic E-state index is -0.158. The van der Waals surface area contributed by atoms with E-state index in [1.807, 2.05) is 0 Å². The van der Waals surface area contributed by atoms with Gasteiger partial charge in [0, 0.05) is 13.5 Å². The molecule has 0 fully saturated rings. The molecule has 0 bridgehead atoms. The molecule has 0 aliphatic carbocycles. The fourth-order valence-electron chi connectivity index (χ4n) is 1.24. The second-order valence-electron chi connectivity index (χ2n) is 3.61. The summed E-state index contributed by atoms with van der Waals surface area (Å²) in [4.78, 5) is 22.0. The van der Waals surface area contributed by atoms with E-state index in [1.165, 1.54) is 19.3 Å². The van der Waals surface area contributed by atoms with Crippen molar-refractivity contribution in [3.63, 3.8) is 0 Å². The molecule has 0 saturated carbocycles. The van der Waals surface area contributed by atoms with Gasteiger partial charge in [0.25, 0.3) is 0 Å². The summed E-state index contributed by atoms with van der Waals surface area (Å²) in [6.45, 7) is 2.25. The number of likely N-dealkylation sites (N-methyl/N-ethyl adjacent to an activating group) is 1. The van der Waals surface area contributed by atoms with Crippen LogP contribution in [-0.2, 0) is 9.59 Å². The van der Waals surface area contributed by atoms with Gasteiger partial charge in [0.2, 0.25) is 11.8 Å². The van der Waals surface area contributed by atoms with Gasteiger partial charge in [0.15, 0.2) is 0 Å². The molecule has 0 aromatic rings. The van der Waals surface area contributed by atoms with Crippen LogP contribution < -0.4 is 10.6 Å². The molecule has 0 aliphatic heterocycles. The number of unbranched alkanes of at least 4 members (excludes halogenated alkanes) is 4. The molecule has 0 aromatic carbocycles. The Hall–Kier alpha value is -1.06. The van der Waals surface area contributed by atoms with E-state index >= 15 is 0 Å². The fraction of sp³-hybridized carbons (Fsp3) is 0.818. The van der Waals surface area contributed by atoms with Crippen LogP contribution in [0.25, 0.3) is 0 Å². The van der Waals surface area contributed by atoms with Crippen LogP contribution in [0.4, 0.5) is 0 Å². The first kappa shape index (κ1) is 13.9. The van der Waals surface area contributed by atoms with Gasteiger partial charge in [-0.25, -0.2) is 0 Å². The fourth-order valence-corrected chi connectivity index (χ4v) is 1.24. The van der Waals surface area contributed by atoms with Crippen LogP contribution in [0.2, 0.25) is 0 Å². The monoisotopic (exact) mass is 214 g/mol. The van der Waals surface area contributed by atoms with Crippen LogP contribution >= 0.6 is 0 Å². The van der Waals surface area contributed by atoms with E-state index in [-0.39, 0.29) is 18.4 Å². The predicted molar refractivity (Wildman–Crippen MR) is 60.5 cm³/mol. The lowest BCUT2D eigenvalue weighted by molar-refractivity contribution is -0.125. The molecule has 0 aromatic heterocycles. The maximum atomic E-state index is 11.2. The number of nitrogens with one attached hydrogen (secondary N) is 2. The lowest BCUT2D eigenvalue weighted by Crippen LogP contribution is -2.34. The summed E-state index contributed by atoms with van der Waals surface area (Å²) in [5.41, 5.74) is 0. The van der Waals surface area contributed by atoms with Gasteiger partial charge in [-0.3, -0.25) is 9.59 Å². The number of carbonyl (C=O) groups is 2. The Morgan fingerprint density at radius 3 is 2.27 bits per heavy atom. The van der Waals surface area contributed by atoms with E-state index in [9.17, 15) is 9.59 Å². The van der Waals surface area contributed by atoms with E-state index in [0.29, 0.717) is 6.42 Å². The standard InChI is InChI=1S/C11H22N2O2/c1-3-4-5-6-7-8-10(14)13-9-11(15)12-2/h3-9H2,1-2H3,(H,12,15)(H,13,14). The van der Waals surface area contributed by atoms with Crippen LogP contribution in [0.5, 0.6) is 0 Å². The average molecular weight is 214 g/mol. The molecule has 2 amide bonds. The van der Waals surface area contributed by atoms with Crippen molar-refractivity contribution in [3.8, 4) is 0 Å². The van der Waals surface area contributed by atoms with Gasteiger partial charge >= 0.3 is 0 Å². The molecule has 0 atom stereocenters. The minimum absolute atomic E-state index is 0.0323. The van der Waals surface area contributed by atoms with Crippen LogP contribution in [0.15, 0.2) is 0 Å². The first-order valence-corrected chi connectivity index (χ1v) is 5.68. The Balaban J connectivity index is 3.30. The quantitative estimate of drug-likeness (QED) is 0.597. The van der Waals surface area contributed by atoms with Crippen molar-refractivity contribution in [3.05, 3.63) is 0 Å². The maximum Gasteiger partial charge on any atom is 0.239 e. The van der Waals surface area contributed by atoms with Crippen LogP contribution in [-0.4, -0.2) is 25.4 Å². The molecule has 4 heteroatoms. The zero-order valence-electron chi connectivity index (χ0n) is 9.77. The van der Waals surface area contributed by atoms with Crippen molar-refractivity contribution in [1.29, 1.82) is 0 Å². The summed E-state index contributed by atoms with van der Waals surface area (Å²) in [5.74, 6) is -0.190. The topological polar surface area (TPSA) is 58.2 Å². The highest BCUT2D eigenvalue weighted by Crippen LogP contribution is 2.04. The van der Waals surface area contributed by atoms with E-state index in [0.717, 1.165) is 12.8 Å². The molecule has 0 heterocycles. The zero-order chi connectivity index (χ0) is 11.5. The first-order valence-electron chi connectivity index (χ1n) is 5.68. The number of rotatable bonds is 8. The normalized spacial score (nSPS) is 9.73. The van der Waals surface area contributed by atoms with Gasteiger partial charge in [0.05, 0.1) is 6.54 Å². The Morgan fingerprint density at radius 1 is 1.00 bits per heavy atom.